The van der Waals surface area contributed by atoms with E-state index >= 15 is 0 Å². The number of aromatic nitrogens is 4. The van der Waals surface area contributed by atoms with Gasteiger partial charge in [-0.1, -0.05) is 108 Å². The first-order valence-corrected chi connectivity index (χ1v) is 19.5. The molecule has 4 aromatic carbocycles. The summed E-state index contributed by atoms with van der Waals surface area (Å²) in [5.74, 6) is -0.137. The summed E-state index contributed by atoms with van der Waals surface area (Å²) in [6, 6.07) is 37.6. The van der Waals surface area contributed by atoms with Crippen LogP contribution >= 0.6 is 0 Å². The normalized spacial score (nSPS) is 10.9. The number of para-hydroxylation sites is 2. The Morgan fingerprint density at radius 3 is 1.05 bits per heavy atom. The number of likely N-dealkylation sites (N-methyl/N-ethyl adjacent to an activating group) is 2. The van der Waals surface area contributed by atoms with Crippen molar-refractivity contribution in [1.29, 1.82) is 0 Å². The van der Waals surface area contributed by atoms with Crippen LogP contribution in [0.3, 0.4) is 0 Å². The van der Waals surface area contributed by atoms with Crippen molar-refractivity contribution in [3.8, 4) is 23.1 Å². The molecule has 12 nitrogen and oxygen atoms in total. The third-order valence-electron chi connectivity index (χ3n) is 8.84. The molecule has 0 aliphatic carbocycles. The van der Waals surface area contributed by atoms with Crippen LogP contribution in [-0.4, -0.2) is 131 Å². The number of benzene rings is 4. The van der Waals surface area contributed by atoms with Crippen LogP contribution in [0.25, 0.3) is 11.4 Å². The van der Waals surface area contributed by atoms with Crippen molar-refractivity contribution in [2.75, 3.05) is 54.4 Å². The van der Waals surface area contributed by atoms with Gasteiger partial charge >= 0.3 is 46.1 Å². The molecule has 0 amide bonds. The van der Waals surface area contributed by atoms with Crippen LogP contribution in [0.2, 0.25) is 0 Å². The minimum Gasteiger partial charge on any atom is -0.858 e. The fraction of sp³-hybridized carbons (Fsp3) is 0.304. The first kappa shape index (κ1) is 53.6. The van der Waals surface area contributed by atoms with E-state index in [0.29, 0.717) is 11.1 Å². The molecule has 0 saturated carbocycles. The van der Waals surface area contributed by atoms with Crippen molar-refractivity contribution in [3.63, 3.8) is 0 Å². The summed E-state index contributed by atoms with van der Waals surface area (Å²) in [7, 11) is 8.42. The fourth-order valence-corrected chi connectivity index (χ4v) is 5.69. The van der Waals surface area contributed by atoms with Gasteiger partial charge in [0.15, 0.2) is 24.5 Å². The molecule has 2 heterocycles. The largest absolute Gasteiger partial charge is 2.00 e. The minimum absolute atomic E-state index is 0. The topological polar surface area (TPSA) is 165 Å². The summed E-state index contributed by atoms with van der Waals surface area (Å²) in [6.45, 7) is 11.1. The van der Waals surface area contributed by atoms with Gasteiger partial charge in [-0.25, -0.2) is 19.3 Å². The SMILES string of the molecule is CC(=[NH+]CC[NH+](C)C)c1c(C)nn(-c2ccccc2)c1[O-].CC(=[NH+]CC[NH+](C)C)c1c(C)nn(-c2ccccc2)c1[O-].[Mg+2].[Mg+2].[O-]Cc1ccccc1.[O-]Cc1ccccc1. The Bertz CT molecular complexity index is 1970. The molecule has 60 heavy (non-hydrogen) atoms. The van der Waals surface area contributed by atoms with Gasteiger partial charge in [0.1, 0.15) is 13.1 Å². The second kappa shape index (κ2) is 29.0. The number of nitrogens with zero attached hydrogens (tertiary/aromatic N) is 4. The second-order valence-corrected chi connectivity index (χ2v) is 14.3. The Morgan fingerprint density at radius 2 is 0.800 bits per heavy atom. The molecule has 14 heteroatoms. The van der Waals surface area contributed by atoms with Crippen LogP contribution in [0.15, 0.2) is 121 Å². The summed E-state index contributed by atoms with van der Waals surface area (Å²) in [6.07, 6.45) is 0. The third-order valence-corrected chi connectivity index (χ3v) is 8.84. The summed E-state index contributed by atoms with van der Waals surface area (Å²) in [4.78, 5) is 9.38. The van der Waals surface area contributed by atoms with Crippen molar-refractivity contribution in [2.24, 2.45) is 0 Å². The van der Waals surface area contributed by atoms with Gasteiger partial charge in [-0.15, -0.1) is 13.2 Å². The molecule has 0 unspecified atom stereocenters. The molecular weight excluding hydrogens is 777 g/mol. The predicted octanol–water partition coefficient (Wildman–Crippen LogP) is -3.09. The molecule has 2 aromatic heterocycles. The van der Waals surface area contributed by atoms with Crippen molar-refractivity contribution < 1.29 is 40.2 Å². The number of rotatable bonds is 12. The maximum absolute atomic E-state index is 12.6. The summed E-state index contributed by atoms with van der Waals surface area (Å²) in [5, 5.41) is 54.2. The van der Waals surface area contributed by atoms with E-state index in [0.717, 1.165) is 71.5 Å². The monoisotopic (exact) mass is 836 g/mol. The van der Waals surface area contributed by atoms with E-state index in [4.69, 9.17) is 0 Å². The van der Waals surface area contributed by atoms with Gasteiger partial charge in [-0.2, -0.15) is 10.2 Å². The Balaban J connectivity index is 0.000000431. The van der Waals surface area contributed by atoms with E-state index in [1.807, 2.05) is 149 Å². The van der Waals surface area contributed by atoms with E-state index in [2.05, 4.69) is 48.4 Å². The van der Waals surface area contributed by atoms with Gasteiger partial charge in [0.2, 0.25) is 0 Å². The molecule has 4 N–H and O–H groups in total. The van der Waals surface area contributed by atoms with Crippen LogP contribution in [0.5, 0.6) is 11.8 Å². The van der Waals surface area contributed by atoms with Gasteiger partial charge in [0.25, 0.3) is 0 Å². The fourth-order valence-electron chi connectivity index (χ4n) is 5.69. The number of nitrogens with one attached hydrogen (secondary N) is 4. The molecule has 0 radical (unpaired) electrons. The standard InChI is InChI=1S/2C16H22N4O.2C7H7O.2Mg/c2*1-12(17-10-11-19(3)4)15-13(2)18-20(16(15)21)14-8-6-5-7-9-14;2*8-6-7-4-2-1-3-5-7;;/h2*5-9,21H,10-11H2,1-4H3;2*1-5H,6H2;;/q;;2*-1;2*+2/p+2. The van der Waals surface area contributed by atoms with Gasteiger partial charge in [-0.05, 0) is 38.1 Å². The van der Waals surface area contributed by atoms with E-state index in [9.17, 15) is 20.4 Å². The molecule has 0 bridgehead atoms. The van der Waals surface area contributed by atoms with Gasteiger partial charge in [-0.3, -0.25) is 0 Å². The minimum atomic E-state index is -0.110. The first-order valence-electron chi connectivity index (χ1n) is 19.5. The quantitative estimate of drug-likeness (QED) is 0.0755. The molecule has 0 atom stereocenters. The van der Waals surface area contributed by atoms with E-state index in [1.54, 1.807) is 0 Å². The molecule has 6 rings (SSSR count). The number of hydrogen-bond donors (Lipinski definition) is 4. The molecule has 6 aromatic rings. The summed E-state index contributed by atoms with van der Waals surface area (Å²) < 4.78 is 2.93. The van der Waals surface area contributed by atoms with E-state index < -0.39 is 0 Å². The van der Waals surface area contributed by atoms with E-state index in [-0.39, 0.29) is 71.1 Å². The van der Waals surface area contributed by atoms with Crippen molar-refractivity contribution in [3.05, 3.63) is 155 Å². The van der Waals surface area contributed by atoms with Crippen LogP contribution in [0.1, 0.15) is 47.5 Å². The molecular formula is C46H60Mg2N8O4+4. The number of hydrogen-bond acceptors (Lipinski definition) is 6. The Kier molecular flexibility index (Phi) is 25.9. The smallest absolute Gasteiger partial charge is 0.858 e. The Morgan fingerprint density at radius 1 is 0.517 bits per heavy atom. The van der Waals surface area contributed by atoms with Crippen LogP contribution in [-0.2, 0) is 13.2 Å². The zero-order valence-electron chi connectivity index (χ0n) is 36.6. The van der Waals surface area contributed by atoms with Gasteiger partial charge in [0.05, 0.1) is 62.1 Å². The maximum Gasteiger partial charge on any atom is 2.00 e. The van der Waals surface area contributed by atoms with Crippen molar-refractivity contribution >= 4 is 57.5 Å². The maximum atomic E-state index is 12.6. The van der Waals surface area contributed by atoms with E-state index in [1.165, 1.54) is 19.2 Å². The average molecular weight is 838 g/mol. The third kappa shape index (κ3) is 17.7. The zero-order valence-corrected chi connectivity index (χ0v) is 39.5. The molecule has 0 aliphatic heterocycles. The molecule has 0 saturated heterocycles. The molecule has 0 spiro atoms. The summed E-state index contributed by atoms with van der Waals surface area (Å²) >= 11 is 0. The summed E-state index contributed by atoms with van der Waals surface area (Å²) in [5.41, 5.74) is 7.93. The van der Waals surface area contributed by atoms with Crippen LogP contribution in [0.4, 0.5) is 0 Å². The van der Waals surface area contributed by atoms with Crippen molar-refractivity contribution in [1.82, 2.24) is 19.6 Å². The Hall–Kier alpha value is -4.39. The predicted molar refractivity (Wildman–Crippen MR) is 234 cm³/mol. The number of aryl methyl sites for hydroxylation is 2. The van der Waals surface area contributed by atoms with Crippen LogP contribution < -0.4 is 40.2 Å². The Labute approximate surface area is 388 Å². The second-order valence-electron chi connectivity index (χ2n) is 14.3. The average Bonchev–Trinajstić information content (AvgIpc) is 3.71. The molecule has 0 fully saturated rings. The van der Waals surface area contributed by atoms with Gasteiger partial charge in [0, 0.05) is 25.6 Å². The van der Waals surface area contributed by atoms with Gasteiger partial charge < -0.3 is 30.2 Å². The zero-order chi connectivity index (χ0) is 42.5. The molecule has 0 aliphatic rings. The number of quaternary nitrogens is 2. The van der Waals surface area contributed by atoms with Crippen LogP contribution in [0, 0.1) is 13.8 Å². The molecule has 308 valence electrons. The van der Waals surface area contributed by atoms with Crippen molar-refractivity contribution in [2.45, 2.75) is 40.9 Å². The first-order chi connectivity index (χ1) is 27.9.